The second kappa shape index (κ2) is 7.86. The van der Waals surface area contributed by atoms with Crippen LogP contribution in [-0.4, -0.2) is 34.9 Å². The number of carbonyl (C=O) groups is 1. The number of halogens is 3. The van der Waals surface area contributed by atoms with E-state index in [2.05, 4.69) is 15.0 Å². The number of ether oxygens (including phenoxy) is 2. The van der Waals surface area contributed by atoms with Crippen LogP contribution in [0.2, 0.25) is 0 Å². The lowest BCUT2D eigenvalue weighted by Gasteiger charge is -2.14. The van der Waals surface area contributed by atoms with E-state index in [1.807, 2.05) is 0 Å². The molecule has 1 amide bonds. The maximum absolute atomic E-state index is 12.5. The number of alkyl halides is 3. The van der Waals surface area contributed by atoms with E-state index in [0.29, 0.717) is 5.88 Å². The third-order valence-electron chi connectivity index (χ3n) is 3.53. The second-order valence-corrected chi connectivity index (χ2v) is 6.63. The number of aromatic nitrogens is 1. The topological polar surface area (TPSA) is 60.5 Å². The number of rotatable bonds is 5. The van der Waals surface area contributed by atoms with E-state index in [9.17, 15) is 18.0 Å². The maximum Gasteiger partial charge on any atom is 0.573 e. The molecule has 0 saturated carbocycles. The second-order valence-electron chi connectivity index (χ2n) is 5.48. The molecule has 2 heterocycles. The van der Waals surface area contributed by atoms with Crippen LogP contribution in [-0.2, 0) is 0 Å². The minimum atomic E-state index is -4.85. The first-order chi connectivity index (χ1) is 12.4. The van der Waals surface area contributed by atoms with Crippen LogP contribution < -0.4 is 14.8 Å². The van der Waals surface area contributed by atoms with Crippen LogP contribution in [0.3, 0.4) is 0 Å². The van der Waals surface area contributed by atoms with Gasteiger partial charge in [-0.2, -0.15) is 11.8 Å². The van der Waals surface area contributed by atoms with Gasteiger partial charge in [0.25, 0.3) is 5.91 Å². The fourth-order valence-electron chi connectivity index (χ4n) is 2.37. The predicted molar refractivity (Wildman–Crippen MR) is 91.7 cm³/mol. The van der Waals surface area contributed by atoms with Crippen LogP contribution in [0.1, 0.15) is 16.8 Å². The van der Waals surface area contributed by atoms with Crippen molar-refractivity contribution >= 4 is 23.4 Å². The SMILES string of the molecule is O=C(Nc1ccccc1OC(F)(F)F)c1ccnc(OC2CCSC2)c1. The van der Waals surface area contributed by atoms with Gasteiger partial charge in [0.2, 0.25) is 5.88 Å². The zero-order valence-electron chi connectivity index (χ0n) is 13.5. The Morgan fingerprint density at radius 1 is 1.27 bits per heavy atom. The van der Waals surface area contributed by atoms with Gasteiger partial charge in [-0.1, -0.05) is 12.1 Å². The van der Waals surface area contributed by atoms with Crippen molar-refractivity contribution in [3.63, 3.8) is 0 Å². The van der Waals surface area contributed by atoms with Gasteiger partial charge < -0.3 is 14.8 Å². The molecule has 1 aliphatic heterocycles. The number of hydrogen-bond donors (Lipinski definition) is 1. The summed E-state index contributed by atoms with van der Waals surface area (Å²) in [6, 6.07) is 8.26. The molecule has 2 aromatic rings. The quantitative estimate of drug-likeness (QED) is 0.841. The molecule has 0 spiro atoms. The van der Waals surface area contributed by atoms with Crippen molar-refractivity contribution < 1.29 is 27.4 Å². The first-order valence-electron chi connectivity index (χ1n) is 7.77. The molecule has 1 atom stereocenters. The van der Waals surface area contributed by atoms with Crippen molar-refractivity contribution in [2.24, 2.45) is 0 Å². The summed E-state index contributed by atoms with van der Waals surface area (Å²) in [6.45, 7) is 0. The highest BCUT2D eigenvalue weighted by atomic mass is 32.2. The van der Waals surface area contributed by atoms with Crippen molar-refractivity contribution in [1.82, 2.24) is 4.98 Å². The highest BCUT2D eigenvalue weighted by Crippen LogP contribution is 2.30. The molecule has 1 aromatic carbocycles. The molecule has 26 heavy (non-hydrogen) atoms. The number of pyridine rings is 1. The highest BCUT2D eigenvalue weighted by molar-refractivity contribution is 7.99. The van der Waals surface area contributed by atoms with E-state index in [1.54, 1.807) is 11.8 Å². The van der Waals surface area contributed by atoms with Gasteiger partial charge in [0, 0.05) is 23.6 Å². The summed E-state index contributed by atoms with van der Waals surface area (Å²) in [7, 11) is 0. The molecular formula is C17H15F3N2O3S. The van der Waals surface area contributed by atoms with Gasteiger partial charge in [-0.15, -0.1) is 13.2 Å². The van der Waals surface area contributed by atoms with Crippen LogP contribution in [0.4, 0.5) is 18.9 Å². The largest absolute Gasteiger partial charge is 0.573 e. The average Bonchev–Trinajstić information content (AvgIpc) is 3.08. The van der Waals surface area contributed by atoms with Crippen molar-refractivity contribution in [3.05, 3.63) is 48.2 Å². The van der Waals surface area contributed by atoms with Crippen molar-refractivity contribution in [2.75, 3.05) is 16.8 Å². The lowest BCUT2D eigenvalue weighted by Crippen LogP contribution is -2.20. The van der Waals surface area contributed by atoms with Gasteiger partial charge in [0.1, 0.15) is 6.10 Å². The normalized spacial score (nSPS) is 17.0. The average molecular weight is 384 g/mol. The fourth-order valence-corrected chi connectivity index (χ4v) is 3.46. The van der Waals surface area contributed by atoms with Crippen LogP contribution in [0.25, 0.3) is 0 Å². The molecule has 1 saturated heterocycles. The van der Waals surface area contributed by atoms with Gasteiger partial charge in [-0.25, -0.2) is 4.98 Å². The Bertz CT molecular complexity index is 780. The molecule has 1 aromatic heterocycles. The lowest BCUT2D eigenvalue weighted by atomic mass is 10.2. The van der Waals surface area contributed by atoms with Crippen LogP contribution in [0, 0.1) is 0 Å². The molecule has 138 valence electrons. The van der Waals surface area contributed by atoms with Crippen LogP contribution >= 0.6 is 11.8 Å². The van der Waals surface area contributed by atoms with E-state index < -0.39 is 18.0 Å². The highest BCUT2D eigenvalue weighted by Gasteiger charge is 2.32. The summed E-state index contributed by atoms with van der Waals surface area (Å²) in [5.41, 5.74) is 0.142. The first kappa shape index (κ1) is 18.4. The van der Waals surface area contributed by atoms with Crippen molar-refractivity contribution in [1.29, 1.82) is 0 Å². The number of hydrogen-bond acceptors (Lipinski definition) is 5. The first-order valence-corrected chi connectivity index (χ1v) is 8.93. The van der Waals surface area contributed by atoms with Crippen LogP contribution in [0.15, 0.2) is 42.6 Å². The number of thioether (sulfide) groups is 1. The molecule has 9 heteroatoms. The van der Waals surface area contributed by atoms with Gasteiger partial charge in [0.15, 0.2) is 5.75 Å². The Morgan fingerprint density at radius 2 is 2.08 bits per heavy atom. The van der Waals surface area contributed by atoms with Crippen molar-refractivity contribution in [3.8, 4) is 11.6 Å². The molecule has 3 rings (SSSR count). The van der Waals surface area contributed by atoms with E-state index in [-0.39, 0.29) is 17.4 Å². The Balaban J connectivity index is 1.72. The Kier molecular flexibility index (Phi) is 5.55. The summed E-state index contributed by atoms with van der Waals surface area (Å²) in [6.07, 6.45) is -2.47. The van der Waals surface area contributed by atoms with E-state index >= 15 is 0 Å². The number of para-hydroxylation sites is 2. The molecule has 0 bridgehead atoms. The molecular weight excluding hydrogens is 369 g/mol. The smallest absolute Gasteiger partial charge is 0.473 e. The molecule has 1 aliphatic rings. The minimum absolute atomic E-state index is 0.0479. The minimum Gasteiger partial charge on any atom is -0.473 e. The summed E-state index contributed by atoms with van der Waals surface area (Å²) < 4.78 is 47.0. The summed E-state index contributed by atoms with van der Waals surface area (Å²) in [5, 5.41) is 2.42. The summed E-state index contributed by atoms with van der Waals surface area (Å²) in [5.74, 6) is 1.12. The number of nitrogens with one attached hydrogen (secondary N) is 1. The Labute approximate surface area is 151 Å². The number of amides is 1. The molecule has 5 nitrogen and oxygen atoms in total. The van der Waals surface area contributed by atoms with E-state index in [1.165, 1.54) is 36.5 Å². The molecule has 0 radical (unpaired) electrons. The monoisotopic (exact) mass is 384 g/mol. The summed E-state index contributed by atoms with van der Waals surface area (Å²) in [4.78, 5) is 16.5. The third kappa shape index (κ3) is 5.04. The molecule has 1 N–H and O–H groups in total. The molecule has 1 fully saturated rings. The standard InChI is InChI=1S/C17H15F3N2O3S/c18-17(19,20)25-14-4-2-1-3-13(14)22-16(23)11-5-7-21-15(9-11)24-12-6-8-26-10-12/h1-5,7,9,12H,6,8,10H2,(H,22,23). The number of nitrogens with zero attached hydrogens (tertiary/aromatic N) is 1. The lowest BCUT2D eigenvalue weighted by molar-refractivity contribution is -0.274. The van der Waals surface area contributed by atoms with Gasteiger partial charge in [-0.05, 0) is 30.4 Å². The molecule has 0 aliphatic carbocycles. The predicted octanol–water partition coefficient (Wildman–Crippen LogP) is 4.12. The maximum atomic E-state index is 12.5. The Hall–Kier alpha value is -2.42. The molecule has 1 unspecified atom stereocenters. The Morgan fingerprint density at radius 3 is 2.81 bits per heavy atom. The van der Waals surface area contributed by atoms with Crippen LogP contribution in [0.5, 0.6) is 11.6 Å². The number of benzene rings is 1. The zero-order chi connectivity index (χ0) is 18.6. The van der Waals surface area contributed by atoms with Crippen molar-refractivity contribution in [2.45, 2.75) is 18.9 Å². The van der Waals surface area contributed by atoms with Gasteiger partial charge in [-0.3, -0.25) is 4.79 Å². The zero-order valence-corrected chi connectivity index (χ0v) is 14.3. The van der Waals surface area contributed by atoms with E-state index in [4.69, 9.17) is 4.74 Å². The van der Waals surface area contributed by atoms with Gasteiger partial charge >= 0.3 is 6.36 Å². The third-order valence-corrected chi connectivity index (χ3v) is 4.67. The van der Waals surface area contributed by atoms with Gasteiger partial charge in [0.05, 0.1) is 5.69 Å². The number of anilines is 1. The van der Waals surface area contributed by atoms with E-state index in [0.717, 1.165) is 24.0 Å². The summed E-state index contributed by atoms with van der Waals surface area (Å²) >= 11 is 1.78. The number of carbonyl (C=O) groups excluding carboxylic acids is 1. The fraction of sp³-hybridized carbons (Fsp3) is 0.294.